The van der Waals surface area contributed by atoms with Gasteiger partial charge in [-0.1, -0.05) is 28.5 Å². The molecular formula is C16H24N2O4S2. The summed E-state index contributed by atoms with van der Waals surface area (Å²) in [5.74, 6) is -1.69. The summed E-state index contributed by atoms with van der Waals surface area (Å²) in [6, 6.07) is 0.0402. The molecule has 2 N–H and O–H groups in total. The van der Waals surface area contributed by atoms with E-state index in [2.05, 4.69) is 12.2 Å². The molecule has 2 aliphatic heterocycles. The van der Waals surface area contributed by atoms with E-state index < -0.39 is 5.97 Å². The smallest absolute Gasteiger partial charge is 0.306 e. The van der Waals surface area contributed by atoms with Crippen molar-refractivity contribution in [3.05, 3.63) is 12.2 Å². The normalized spacial score (nSPS) is 25.7. The molecule has 0 aliphatic carbocycles. The molecule has 1 saturated heterocycles. The molecule has 6 nitrogen and oxygen atoms in total. The van der Waals surface area contributed by atoms with Gasteiger partial charge in [0.2, 0.25) is 0 Å². The average molecular weight is 373 g/mol. The van der Waals surface area contributed by atoms with Gasteiger partial charge >= 0.3 is 5.97 Å². The Bertz CT molecular complexity index is 506. The summed E-state index contributed by atoms with van der Waals surface area (Å²) < 4.78 is 0. The fourth-order valence-electron chi connectivity index (χ4n) is 2.74. The first-order valence-electron chi connectivity index (χ1n) is 8.24. The molecule has 0 bridgehead atoms. The predicted molar refractivity (Wildman–Crippen MR) is 96.5 cm³/mol. The number of carboxylic acids is 1. The molecule has 0 aromatic rings. The molecule has 0 aromatic heterocycles. The number of carboxylic acid groups (broad SMARTS) is 1. The van der Waals surface area contributed by atoms with Crippen molar-refractivity contribution < 1.29 is 19.5 Å². The summed E-state index contributed by atoms with van der Waals surface area (Å²) in [7, 11) is 3.64. The molecule has 0 radical (unpaired) electrons. The van der Waals surface area contributed by atoms with E-state index in [0.717, 1.165) is 11.3 Å². The van der Waals surface area contributed by atoms with E-state index in [-0.39, 0.29) is 30.4 Å². The lowest BCUT2D eigenvalue weighted by Gasteiger charge is -2.35. The van der Waals surface area contributed by atoms with Gasteiger partial charge in [-0.2, -0.15) is 0 Å². The van der Waals surface area contributed by atoms with Crippen LogP contribution in [0.1, 0.15) is 39.5 Å². The summed E-state index contributed by atoms with van der Waals surface area (Å²) in [5, 5.41) is 13.6. The molecule has 4 unspecified atom stereocenters. The number of rotatable bonds is 10. The summed E-state index contributed by atoms with van der Waals surface area (Å²) in [4.78, 5) is 35.6. The van der Waals surface area contributed by atoms with Crippen molar-refractivity contribution in [2.75, 3.05) is 6.67 Å². The highest BCUT2D eigenvalue weighted by atomic mass is 33.1. The molecule has 8 heteroatoms. The molecule has 1 fully saturated rings. The van der Waals surface area contributed by atoms with Crippen LogP contribution in [0.25, 0.3) is 0 Å². The van der Waals surface area contributed by atoms with Gasteiger partial charge in [-0.15, -0.1) is 0 Å². The van der Waals surface area contributed by atoms with Gasteiger partial charge < -0.3 is 5.11 Å². The lowest BCUT2D eigenvalue weighted by Crippen LogP contribution is -2.42. The van der Waals surface area contributed by atoms with E-state index in [1.807, 2.05) is 17.7 Å². The van der Waals surface area contributed by atoms with E-state index in [1.165, 1.54) is 12.2 Å². The molecule has 134 valence electrons. The minimum Gasteiger partial charge on any atom is -0.481 e. The first-order valence-corrected chi connectivity index (χ1v) is 10.5. The zero-order valence-corrected chi connectivity index (χ0v) is 15.6. The SMILES string of the molecule is CCC1SSC1CC(CCC(C)NCN1C(=O)C=CC1=O)C(=O)O. The Morgan fingerprint density at radius 2 is 1.88 bits per heavy atom. The van der Waals surface area contributed by atoms with Crippen molar-refractivity contribution >= 4 is 39.4 Å². The maximum atomic E-state index is 11.5. The Labute approximate surface area is 150 Å². The first-order chi connectivity index (χ1) is 11.4. The summed E-state index contributed by atoms with van der Waals surface area (Å²) in [6.45, 7) is 4.25. The molecule has 4 atom stereocenters. The van der Waals surface area contributed by atoms with Gasteiger partial charge in [0, 0.05) is 28.7 Å². The van der Waals surface area contributed by atoms with Crippen LogP contribution in [0.15, 0.2) is 12.2 Å². The molecule has 0 aromatic carbocycles. The highest BCUT2D eigenvalue weighted by molar-refractivity contribution is 8.80. The van der Waals surface area contributed by atoms with E-state index in [0.29, 0.717) is 29.8 Å². The zero-order chi connectivity index (χ0) is 17.7. The molecular weight excluding hydrogens is 348 g/mol. The van der Waals surface area contributed by atoms with E-state index in [1.54, 1.807) is 10.8 Å². The second-order valence-electron chi connectivity index (χ2n) is 6.23. The van der Waals surface area contributed by atoms with E-state index in [9.17, 15) is 19.5 Å². The maximum Gasteiger partial charge on any atom is 0.306 e. The van der Waals surface area contributed by atoms with Crippen molar-refractivity contribution in [2.45, 2.75) is 56.1 Å². The second kappa shape index (κ2) is 8.92. The molecule has 2 heterocycles. The molecule has 2 aliphatic rings. The number of nitrogens with one attached hydrogen (secondary N) is 1. The molecule has 2 amide bonds. The lowest BCUT2D eigenvalue weighted by molar-refractivity contribution is -0.142. The van der Waals surface area contributed by atoms with Gasteiger partial charge in [0.05, 0.1) is 12.6 Å². The van der Waals surface area contributed by atoms with E-state index >= 15 is 0 Å². The van der Waals surface area contributed by atoms with Gasteiger partial charge in [0.1, 0.15) is 0 Å². The van der Waals surface area contributed by atoms with Crippen LogP contribution in [0, 0.1) is 5.92 Å². The van der Waals surface area contributed by atoms with Gasteiger partial charge in [-0.05, 0) is 32.6 Å². The number of hydrogen-bond donors (Lipinski definition) is 2. The number of nitrogens with zero attached hydrogens (tertiary/aromatic N) is 1. The van der Waals surface area contributed by atoms with Crippen molar-refractivity contribution in [3.8, 4) is 0 Å². The molecule has 2 rings (SSSR count). The third-order valence-electron chi connectivity index (χ3n) is 4.43. The highest BCUT2D eigenvalue weighted by Gasteiger charge is 2.35. The van der Waals surface area contributed by atoms with Crippen LogP contribution in [0.4, 0.5) is 0 Å². The lowest BCUT2D eigenvalue weighted by atomic mass is 9.94. The largest absolute Gasteiger partial charge is 0.481 e. The Hall–Kier alpha value is -0.990. The standard InChI is InChI=1S/C16H24N2O4S2/c1-3-12-13(24-23-12)8-11(16(21)22)5-4-10(2)17-9-18-14(19)6-7-15(18)20/h6-7,10-13,17H,3-5,8-9H2,1-2H3,(H,21,22). The predicted octanol–water partition coefficient (Wildman–Crippen LogP) is 2.26. The Kier molecular flexibility index (Phi) is 7.18. The fourth-order valence-corrected chi connectivity index (χ4v) is 5.84. The number of hydrogen-bond acceptors (Lipinski definition) is 6. The van der Waals surface area contributed by atoms with Crippen LogP contribution < -0.4 is 5.32 Å². The topological polar surface area (TPSA) is 86.7 Å². The van der Waals surface area contributed by atoms with Crippen LogP contribution in [0.2, 0.25) is 0 Å². The van der Waals surface area contributed by atoms with Crippen molar-refractivity contribution in [2.24, 2.45) is 5.92 Å². The quantitative estimate of drug-likeness (QED) is 0.449. The highest BCUT2D eigenvalue weighted by Crippen LogP contribution is 2.51. The zero-order valence-electron chi connectivity index (χ0n) is 13.9. The van der Waals surface area contributed by atoms with Crippen molar-refractivity contribution in [3.63, 3.8) is 0 Å². The number of aliphatic carboxylic acids is 1. The fraction of sp³-hybridized carbons (Fsp3) is 0.688. The van der Waals surface area contributed by atoms with Gasteiger partial charge in [-0.25, -0.2) is 0 Å². The first kappa shape index (κ1) is 19.3. The summed E-state index contributed by atoms with van der Waals surface area (Å²) >= 11 is 0. The van der Waals surface area contributed by atoms with Crippen LogP contribution in [0.5, 0.6) is 0 Å². The molecule has 0 spiro atoms. The van der Waals surface area contributed by atoms with Gasteiger partial charge in [0.25, 0.3) is 11.8 Å². The van der Waals surface area contributed by atoms with E-state index in [4.69, 9.17) is 0 Å². The summed E-state index contributed by atoms with van der Waals surface area (Å²) in [6.07, 6.45) is 5.61. The maximum absolute atomic E-state index is 11.5. The number of carbonyl (C=O) groups excluding carboxylic acids is 2. The van der Waals surface area contributed by atoms with Gasteiger partial charge in [-0.3, -0.25) is 24.6 Å². The minimum atomic E-state index is -0.733. The third-order valence-corrected chi connectivity index (χ3v) is 8.21. The Morgan fingerprint density at radius 1 is 1.25 bits per heavy atom. The number of carbonyl (C=O) groups is 3. The Balaban J connectivity index is 1.72. The number of imide groups is 1. The number of amides is 2. The third kappa shape index (κ3) is 5.00. The second-order valence-corrected chi connectivity index (χ2v) is 8.98. The Morgan fingerprint density at radius 3 is 2.38 bits per heavy atom. The monoisotopic (exact) mass is 372 g/mol. The average Bonchev–Trinajstić information content (AvgIpc) is 2.83. The summed E-state index contributed by atoms with van der Waals surface area (Å²) in [5.41, 5.74) is 0. The van der Waals surface area contributed by atoms with Crippen LogP contribution in [-0.4, -0.2) is 51.0 Å². The molecule has 24 heavy (non-hydrogen) atoms. The van der Waals surface area contributed by atoms with Crippen molar-refractivity contribution in [1.29, 1.82) is 0 Å². The van der Waals surface area contributed by atoms with Crippen LogP contribution >= 0.6 is 21.6 Å². The van der Waals surface area contributed by atoms with Gasteiger partial charge in [0.15, 0.2) is 0 Å². The van der Waals surface area contributed by atoms with Crippen molar-refractivity contribution in [1.82, 2.24) is 10.2 Å². The van der Waals surface area contributed by atoms with Crippen LogP contribution in [0.3, 0.4) is 0 Å². The van der Waals surface area contributed by atoms with Crippen LogP contribution in [-0.2, 0) is 14.4 Å². The molecule has 0 saturated carbocycles. The minimum absolute atomic E-state index is 0.0402.